The van der Waals surface area contributed by atoms with Gasteiger partial charge in [-0.1, -0.05) is 25.1 Å². The SMILES string of the molecule is CCCn1cc(/C=C2/C(=O)NC(=S)N(c3ccc(F)cc3)C2=O)c2ccccc21. The third kappa shape index (κ3) is 3.45. The van der Waals surface area contributed by atoms with E-state index in [1.807, 2.05) is 30.5 Å². The molecule has 0 radical (unpaired) electrons. The number of nitrogens with one attached hydrogen (secondary N) is 1. The molecule has 0 saturated carbocycles. The number of para-hydroxylation sites is 1. The number of hydrogen-bond donors (Lipinski definition) is 1. The number of aryl methyl sites for hydroxylation is 1. The average Bonchev–Trinajstić information content (AvgIpc) is 3.04. The summed E-state index contributed by atoms with van der Waals surface area (Å²) in [4.78, 5) is 26.9. The molecule has 2 heterocycles. The van der Waals surface area contributed by atoms with Gasteiger partial charge >= 0.3 is 0 Å². The average molecular weight is 407 g/mol. The highest BCUT2D eigenvalue weighted by atomic mass is 32.1. The molecule has 0 bridgehead atoms. The summed E-state index contributed by atoms with van der Waals surface area (Å²) in [5, 5.41) is 3.48. The molecule has 3 aromatic rings. The summed E-state index contributed by atoms with van der Waals surface area (Å²) < 4.78 is 15.4. The predicted octanol–water partition coefficient (Wildman–Crippen LogP) is 4.02. The molecule has 0 aliphatic carbocycles. The zero-order valence-corrected chi connectivity index (χ0v) is 16.5. The first-order chi connectivity index (χ1) is 14.0. The van der Waals surface area contributed by atoms with E-state index >= 15 is 0 Å². The molecule has 2 amide bonds. The molecular weight excluding hydrogens is 389 g/mol. The van der Waals surface area contributed by atoms with E-state index in [2.05, 4.69) is 16.8 Å². The fourth-order valence-electron chi connectivity index (χ4n) is 3.45. The molecule has 4 rings (SSSR count). The Balaban J connectivity index is 1.79. The molecule has 1 aliphatic rings. The Morgan fingerprint density at radius 3 is 2.55 bits per heavy atom. The minimum Gasteiger partial charge on any atom is -0.347 e. The largest absolute Gasteiger partial charge is 0.347 e. The van der Waals surface area contributed by atoms with Crippen molar-refractivity contribution in [1.29, 1.82) is 0 Å². The van der Waals surface area contributed by atoms with Crippen molar-refractivity contribution in [3.8, 4) is 0 Å². The summed E-state index contributed by atoms with van der Waals surface area (Å²) in [7, 11) is 0. The van der Waals surface area contributed by atoms with Crippen LogP contribution in [0.15, 0.2) is 60.3 Å². The molecule has 1 aromatic heterocycles. The quantitative estimate of drug-likeness (QED) is 0.404. The highest BCUT2D eigenvalue weighted by Gasteiger charge is 2.34. The van der Waals surface area contributed by atoms with Crippen LogP contribution in [0, 0.1) is 5.82 Å². The van der Waals surface area contributed by atoms with Crippen LogP contribution >= 0.6 is 12.2 Å². The standard InChI is InChI=1S/C22H18FN3O2S/c1-2-11-25-13-14(17-5-3-4-6-19(17)25)12-18-20(27)24-22(29)26(21(18)28)16-9-7-15(23)8-10-16/h3-10,12-13H,2,11H2,1H3,(H,24,27,29)/b18-12-. The van der Waals surface area contributed by atoms with Crippen molar-refractivity contribution in [2.75, 3.05) is 4.90 Å². The van der Waals surface area contributed by atoms with Gasteiger partial charge in [-0.3, -0.25) is 19.8 Å². The van der Waals surface area contributed by atoms with Crippen molar-refractivity contribution in [2.24, 2.45) is 0 Å². The molecule has 29 heavy (non-hydrogen) atoms. The Hall–Kier alpha value is -3.32. The second-order valence-electron chi connectivity index (χ2n) is 6.73. The monoisotopic (exact) mass is 407 g/mol. The number of carbonyl (C=O) groups is 2. The lowest BCUT2D eigenvalue weighted by atomic mass is 10.1. The number of rotatable bonds is 4. The van der Waals surface area contributed by atoms with Gasteiger partial charge in [0.25, 0.3) is 11.8 Å². The van der Waals surface area contributed by atoms with Gasteiger partial charge in [-0.2, -0.15) is 0 Å². The number of amides is 2. The minimum atomic E-state index is -0.550. The highest BCUT2D eigenvalue weighted by molar-refractivity contribution is 7.80. The molecule has 1 aliphatic heterocycles. The first-order valence-electron chi connectivity index (χ1n) is 9.24. The number of benzene rings is 2. The van der Waals surface area contributed by atoms with E-state index in [1.54, 1.807) is 6.08 Å². The highest BCUT2D eigenvalue weighted by Crippen LogP contribution is 2.27. The van der Waals surface area contributed by atoms with Gasteiger partial charge < -0.3 is 4.57 Å². The van der Waals surface area contributed by atoms with Gasteiger partial charge in [0, 0.05) is 29.2 Å². The maximum absolute atomic E-state index is 13.3. The Morgan fingerprint density at radius 2 is 1.83 bits per heavy atom. The third-order valence-electron chi connectivity index (χ3n) is 4.77. The Morgan fingerprint density at radius 1 is 1.10 bits per heavy atom. The van der Waals surface area contributed by atoms with Gasteiger partial charge in [0.2, 0.25) is 0 Å². The van der Waals surface area contributed by atoms with Crippen molar-refractivity contribution in [3.05, 3.63) is 71.7 Å². The number of thiocarbonyl (C=S) groups is 1. The molecule has 0 atom stereocenters. The Labute approximate surface area is 172 Å². The summed E-state index contributed by atoms with van der Waals surface area (Å²) >= 11 is 5.18. The first kappa shape index (κ1) is 19.0. The van der Waals surface area contributed by atoms with Crippen LogP contribution in [0.2, 0.25) is 0 Å². The van der Waals surface area contributed by atoms with Crippen LogP contribution < -0.4 is 10.2 Å². The van der Waals surface area contributed by atoms with Crippen LogP contribution in [0.5, 0.6) is 0 Å². The topological polar surface area (TPSA) is 54.3 Å². The minimum absolute atomic E-state index is 0.0256. The van der Waals surface area contributed by atoms with Gasteiger partial charge in [0.05, 0.1) is 5.69 Å². The van der Waals surface area contributed by atoms with E-state index in [1.165, 1.54) is 29.2 Å². The van der Waals surface area contributed by atoms with E-state index < -0.39 is 17.6 Å². The lowest BCUT2D eigenvalue weighted by Crippen LogP contribution is -2.54. The van der Waals surface area contributed by atoms with E-state index in [4.69, 9.17) is 12.2 Å². The maximum atomic E-state index is 13.3. The Bertz CT molecular complexity index is 1160. The fraction of sp³-hybridized carbons (Fsp3) is 0.136. The van der Waals surface area contributed by atoms with Crippen molar-refractivity contribution in [3.63, 3.8) is 0 Å². The maximum Gasteiger partial charge on any atom is 0.270 e. The summed E-state index contributed by atoms with van der Waals surface area (Å²) in [6.45, 7) is 2.92. The zero-order chi connectivity index (χ0) is 20.5. The number of fused-ring (bicyclic) bond motifs is 1. The number of nitrogens with zero attached hydrogens (tertiary/aromatic N) is 2. The van der Waals surface area contributed by atoms with Gasteiger partial charge in [-0.25, -0.2) is 4.39 Å². The van der Waals surface area contributed by atoms with Gasteiger partial charge in [-0.05, 0) is 55.0 Å². The van der Waals surface area contributed by atoms with Crippen LogP contribution in [-0.4, -0.2) is 21.5 Å². The number of anilines is 1. The summed E-state index contributed by atoms with van der Waals surface area (Å²) in [6.07, 6.45) is 4.49. The number of carbonyl (C=O) groups excluding carboxylic acids is 2. The van der Waals surface area contributed by atoms with Crippen molar-refractivity contribution in [2.45, 2.75) is 19.9 Å². The molecule has 7 heteroatoms. The molecule has 1 fully saturated rings. The summed E-state index contributed by atoms with van der Waals surface area (Å²) in [5.74, 6) is -1.52. The van der Waals surface area contributed by atoms with Crippen molar-refractivity contribution >= 4 is 51.8 Å². The second-order valence-corrected chi connectivity index (χ2v) is 7.12. The number of hydrogen-bond acceptors (Lipinski definition) is 3. The van der Waals surface area contributed by atoms with E-state index in [0.29, 0.717) is 5.69 Å². The second kappa shape index (κ2) is 7.60. The van der Waals surface area contributed by atoms with E-state index in [0.717, 1.165) is 29.4 Å². The number of halogens is 1. The molecule has 5 nitrogen and oxygen atoms in total. The molecule has 0 spiro atoms. The molecule has 2 aromatic carbocycles. The van der Waals surface area contributed by atoms with Gasteiger partial charge in [0.1, 0.15) is 11.4 Å². The molecule has 146 valence electrons. The van der Waals surface area contributed by atoms with Crippen molar-refractivity contribution < 1.29 is 14.0 Å². The molecule has 1 N–H and O–H groups in total. The zero-order valence-electron chi connectivity index (χ0n) is 15.7. The van der Waals surface area contributed by atoms with Gasteiger partial charge in [-0.15, -0.1) is 0 Å². The van der Waals surface area contributed by atoms with Crippen LogP contribution in [0.1, 0.15) is 18.9 Å². The molecular formula is C22H18FN3O2S. The molecule has 1 saturated heterocycles. The Kier molecular flexibility index (Phi) is 4.98. The van der Waals surface area contributed by atoms with Crippen molar-refractivity contribution in [1.82, 2.24) is 9.88 Å². The normalized spacial score (nSPS) is 16.0. The predicted molar refractivity (Wildman–Crippen MR) is 115 cm³/mol. The fourth-order valence-corrected chi connectivity index (χ4v) is 3.73. The van der Waals surface area contributed by atoms with Crippen LogP contribution in [0.3, 0.4) is 0 Å². The van der Waals surface area contributed by atoms with Gasteiger partial charge in [0.15, 0.2) is 5.11 Å². The van der Waals surface area contributed by atoms with Crippen LogP contribution in [0.25, 0.3) is 17.0 Å². The third-order valence-corrected chi connectivity index (χ3v) is 5.05. The summed E-state index contributed by atoms with van der Waals surface area (Å²) in [5.41, 5.74) is 2.18. The van der Waals surface area contributed by atoms with Crippen LogP contribution in [0.4, 0.5) is 10.1 Å². The summed E-state index contributed by atoms with van der Waals surface area (Å²) in [6, 6.07) is 13.2. The van der Waals surface area contributed by atoms with E-state index in [-0.39, 0.29) is 10.7 Å². The van der Waals surface area contributed by atoms with Crippen LogP contribution in [-0.2, 0) is 16.1 Å². The lowest BCUT2D eigenvalue weighted by Gasteiger charge is -2.28. The smallest absolute Gasteiger partial charge is 0.270 e. The molecule has 0 unspecified atom stereocenters. The number of aromatic nitrogens is 1. The van der Waals surface area contributed by atoms with E-state index in [9.17, 15) is 14.0 Å². The lowest BCUT2D eigenvalue weighted by molar-refractivity contribution is -0.122. The first-order valence-corrected chi connectivity index (χ1v) is 9.65.